The SMILES string of the molecule is CCCNC12CC(C#N)(C1)C2. The number of rotatable bonds is 3. The van der Waals surface area contributed by atoms with Gasteiger partial charge in [0.15, 0.2) is 0 Å². The molecule has 1 N–H and O–H groups in total. The summed E-state index contributed by atoms with van der Waals surface area (Å²) >= 11 is 0. The van der Waals surface area contributed by atoms with Crippen molar-refractivity contribution in [1.29, 1.82) is 5.26 Å². The predicted molar refractivity (Wildman–Crippen MR) is 42.9 cm³/mol. The van der Waals surface area contributed by atoms with Crippen LogP contribution in [0.3, 0.4) is 0 Å². The van der Waals surface area contributed by atoms with Crippen molar-refractivity contribution in [1.82, 2.24) is 5.32 Å². The van der Waals surface area contributed by atoms with Crippen LogP contribution in [0, 0.1) is 16.7 Å². The van der Waals surface area contributed by atoms with E-state index in [1.807, 2.05) is 0 Å². The van der Waals surface area contributed by atoms with E-state index >= 15 is 0 Å². The highest BCUT2D eigenvalue weighted by molar-refractivity contribution is 5.30. The van der Waals surface area contributed by atoms with Crippen LogP contribution in [0.4, 0.5) is 0 Å². The highest BCUT2D eigenvalue weighted by Gasteiger charge is 2.68. The first-order valence-electron chi connectivity index (χ1n) is 4.41. The van der Waals surface area contributed by atoms with Crippen LogP contribution in [0.5, 0.6) is 0 Å². The number of nitrogens with one attached hydrogen (secondary N) is 1. The molecule has 0 spiro atoms. The lowest BCUT2D eigenvalue weighted by molar-refractivity contribution is -0.110. The molecule has 3 aliphatic carbocycles. The van der Waals surface area contributed by atoms with Gasteiger partial charge in [-0.3, -0.25) is 0 Å². The highest BCUT2D eigenvalue weighted by Crippen LogP contribution is 2.66. The topological polar surface area (TPSA) is 35.8 Å². The average molecular weight is 150 g/mol. The van der Waals surface area contributed by atoms with Crippen LogP contribution in [0.15, 0.2) is 0 Å². The Hall–Kier alpha value is -0.550. The van der Waals surface area contributed by atoms with Gasteiger partial charge in [0.05, 0.1) is 11.5 Å². The maximum Gasteiger partial charge on any atom is 0.0691 e. The molecule has 0 radical (unpaired) electrons. The molecule has 0 aliphatic heterocycles. The Kier molecular flexibility index (Phi) is 1.28. The van der Waals surface area contributed by atoms with Crippen LogP contribution < -0.4 is 5.32 Å². The minimum Gasteiger partial charge on any atom is -0.311 e. The Morgan fingerprint density at radius 2 is 2.09 bits per heavy atom. The Bertz CT molecular complexity index is 194. The summed E-state index contributed by atoms with van der Waals surface area (Å²) in [5.74, 6) is 0. The smallest absolute Gasteiger partial charge is 0.0691 e. The molecule has 3 rings (SSSR count). The van der Waals surface area contributed by atoms with Gasteiger partial charge in [-0.1, -0.05) is 6.92 Å². The van der Waals surface area contributed by atoms with Crippen molar-refractivity contribution in [3.05, 3.63) is 0 Å². The predicted octanol–water partition coefficient (Wildman–Crippen LogP) is 1.43. The molecule has 2 heteroatoms. The third kappa shape index (κ3) is 0.810. The molecule has 0 aromatic carbocycles. The summed E-state index contributed by atoms with van der Waals surface area (Å²) in [6.07, 6.45) is 4.52. The molecule has 0 aromatic rings. The van der Waals surface area contributed by atoms with Gasteiger partial charge in [0.2, 0.25) is 0 Å². The van der Waals surface area contributed by atoms with Crippen LogP contribution in [-0.4, -0.2) is 12.1 Å². The fourth-order valence-electron chi connectivity index (χ4n) is 2.48. The van der Waals surface area contributed by atoms with Crippen molar-refractivity contribution in [2.24, 2.45) is 5.41 Å². The second-order valence-corrected chi connectivity index (χ2v) is 4.13. The molecule has 3 saturated carbocycles. The van der Waals surface area contributed by atoms with Gasteiger partial charge >= 0.3 is 0 Å². The normalized spacial score (nSPS) is 45.5. The van der Waals surface area contributed by atoms with Crippen molar-refractivity contribution < 1.29 is 0 Å². The Morgan fingerprint density at radius 1 is 1.45 bits per heavy atom. The van der Waals surface area contributed by atoms with Crippen LogP contribution in [0.2, 0.25) is 0 Å². The molecule has 2 nitrogen and oxygen atoms in total. The molecular weight excluding hydrogens is 136 g/mol. The van der Waals surface area contributed by atoms with Crippen molar-refractivity contribution in [3.8, 4) is 6.07 Å². The van der Waals surface area contributed by atoms with E-state index in [1.54, 1.807) is 0 Å². The van der Waals surface area contributed by atoms with E-state index in [0.29, 0.717) is 5.54 Å². The van der Waals surface area contributed by atoms with Gasteiger partial charge in [-0.2, -0.15) is 5.26 Å². The molecule has 0 saturated heterocycles. The lowest BCUT2D eigenvalue weighted by Crippen LogP contribution is -2.73. The third-order valence-corrected chi connectivity index (χ3v) is 3.02. The first-order valence-corrected chi connectivity index (χ1v) is 4.41. The number of nitriles is 1. The van der Waals surface area contributed by atoms with E-state index in [1.165, 1.54) is 6.42 Å². The fraction of sp³-hybridized carbons (Fsp3) is 0.889. The van der Waals surface area contributed by atoms with Crippen LogP contribution in [-0.2, 0) is 0 Å². The Balaban J connectivity index is 1.81. The van der Waals surface area contributed by atoms with E-state index in [-0.39, 0.29) is 5.41 Å². The number of nitrogens with zero attached hydrogens (tertiary/aromatic N) is 1. The third-order valence-electron chi connectivity index (χ3n) is 3.02. The minimum absolute atomic E-state index is 0.112. The van der Waals surface area contributed by atoms with Crippen molar-refractivity contribution >= 4 is 0 Å². The van der Waals surface area contributed by atoms with Gasteiger partial charge in [0.1, 0.15) is 0 Å². The van der Waals surface area contributed by atoms with E-state index < -0.39 is 0 Å². The van der Waals surface area contributed by atoms with Gasteiger partial charge in [-0.15, -0.1) is 0 Å². The zero-order valence-corrected chi connectivity index (χ0v) is 6.98. The van der Waals surface area contributed by atoms with E-state index in [0.717, 1.165) is 25.8 Å². The molecule has 0 aromatic heterocycles. The molecule has 0 atom stereocenters. The van der Waals surface area contributed by atoms with Gasteiger partial charge < -0.3 is 5.32 Å². The van der Waals surface area contributed by atoms with E-state index in [4.69, 9.17) is 5.26 Å². The fourth-order valence-corrected chi connectivity index (χ4v) is 2.48. The monoisotopic (exact) mass is 150 g/mol. The van der Waals surface area contributed by atoms with E-state index in [2.05, 4.69) is 18.3 Å². The summed E-state index contributed by atoms with van der Waals surface area (Å²) in [5, 5.41) is 12.3. The quantitative estimate of drug-likeness (QED) is 0.660. The lowest BCUT2D eigenvalue weighted by Gasteiger charge is -2.67. The largest absolute Gasteiger partial charge is 0.311 e. The molecule has 0 heterocycles. The summed E-state index contributed by atoms with van der Waals surface area (Å²) in [6, 6.07) is 2.40. The first-order chi connectivity index (χ1) is 5.24. The summed E-state index contributed by atoms with van der Waals surface area (Å²) in [7, 11) is 0. The maximum absolute atomic E-state index is 8.75. The molecule has 2 bridgehead atoms. The second kappa shape index (κ2) is 1.98. The maximum atomic E-state index is 8.75. The Morgan fingerprint density at radius 3 is 2.55 bits per heavy atom. The summed E-state index contributed by atoms with van der Waals surface area (Å²) in [6.45, 7) is 3.29. The van der Waals surface area contributed by atoms with Gasteiger partial charge in [0.25, 0.3) is 0 Å². The van der Waals surface area contributed by atoms with Gasteiger partial charge in [-0.25, -0.2) is 0 Å². The highest BCUT2D eigenvalue weighted by atomic mass is 15.1. The van der Waals surface area contributed by atoms with Crippen molar-refractivity contribution in [2.45, 2.75) is 38.1 Å². The average Bonchev–Trinajstić information content (AvgIpc) is 1.83. The summed E-state index contributed by atoms with van der Waals surface area (Å²) in [4.78, 5) is 0. The number of hydrogen-bond acceptors (Lipinski definition) is 2. The molecule has 0 unspecified atom stereocenters. The molecule has 3 fully saturated rings. The summed E-state index contributed by atoms with van der Waals surface area (Å²) < 4.78 is 0. The van der Waals surface area contributed by atoms with Gasteiger partial charge in [0, 0.05) is 5.54 Å². The van der Waals surface area contributed by atoms with Gasteiger partial charge in [-0.05, 0) is 32.2 Å². The first kappa shape index (κ1) is 7.12. The van der Waals surface area contributed by atoms with Crippen molar-refractivity contribution in [3.63, 3.8) is 0 Å². The van der Waals surface area contributed by atoms with Crippen LogP contribution in [0.25, 0.3) is 0 Å². The zero-order chi connectivity index (χ0) is 7.95. The van der Waals surface area contributed by atoms with Crippen LogP contribution in [0.1, 0.15) is 32.6 Å². The molecule has 3 aliphatic rings. The van der Waals surface area contributed by atoms with Crippen LogP contribution >= 0.6 is 0 Å². The Labute approximate surface area is 67.6 Å². The minimum atomic E-state index is 0.112. The second-order valence-electron chi connectivity index (χ2n) is 4.13. The standard InChI is InChI=1S/C9H14N2/c1-2-3-11-9-4-8(5-9,6-9)7-10/h11H,2-6H2,1H3. The lowest BCUT2D eigenvalue weighted by atomic mass is 9.40. The molecular formula is C9H14N2. The molecule has 0 amide bonds. The number of hydrogen-bond donors (Lipinski definition) is 1. The zero-order valence-electron chi connectivity index (χ0n) is 6.98. The van der Waals surface area contributed by atoms with E-state index in [9.17, 15) is 0 Å². The molecule has 11 heavy (non-hydrogen) atoms. The molecule has 60 valence electrons. The summed E-state index contributed by atoms with van der Waals surface area (Å²) in [5.41, 5.74) is 0.520. The van der Waals surface area contributed by atoms with Crippen molar-refractivity contribution in [2.75, 3.05) is 6.54 Å².